The van der Waals surface area contributed by atoms with Gasteiger partial charge in [-0.2, -0.15) is 5.26 Å². The number of hydrogen-bond donors (Lipinski definition) is 0. The Bertz CT molecular complexity index is 512. The van der Waals surface area contributed by atoms with Gasteiger partial charge in [0.15, 0.2) is 5.78 Å². The van der Waals surface area contributed by atoms with Crippen molar-refractivity contribution in [3.63, 3.8) is 0 Å². The highest BCUT2D eigenvalue weighted by Gasteiger charge is 2.43. The number of ketones is 1. The fraction of sp³-hybridized carbons (Fsp3) is 0.500. The van der Waals surface area contributed by atoms with Gasteiger partial charge in [0.05, 0.1) is 6.07 Å². The first-order valence-corrected chi connectivity index (χ1v) is 7.61. The van der Waals surface area contributed by atoms with Crippen LogP contribution < -0.4 is 0 Å². The van der Waals surface area contributed by atoms with Crippen molar-refractivity contribution in [3.05, 3.63) is 34.3 Å². The minimum Gasteiger partial charge on any atom is -0.297 e. The molecule has 0 heterocycles. The average Bonchev–Trinajstić information content (AvgIpc) is 2.89. The second kappa shape index (κ2) is 5.88. The molecular formula is C16H18BrNO. The summed E-state index contributed by atoms with van der Waals surface area (Å²) < 4.78 is 0.912. The summed E-state index contributed by atoms with van der Waals surface area (Å²) >= 11 is 3.40. The van der Waals surface area contributed by atoms with Gasteiger partial charge in [0.25, 0.3) is 0 Å². The van der Waals surface area contributed by atoms with Crippen LogP contribution in [-0.2, 0) is 4.79 Å². The lowest BCUT2D eigenvalue weighted by molar-refractivity contribution is -0.129. The van der Waals surface area contributed by atoms with Gasteiger partial charge < -0.3 is 0 Å². The number of nitriles is 1. The number of Topliss-reactive ketones (excluding diaryl/α,β-unsaturated/α-hetero) is 1. The summed E-state index contributed by atoms with van der Waals surface area (Å²) in [5.41, 5.74) is 0.546. The van der Waals surface area contributed by atoms with E-state index in [2.05, 4.69) is 28.9 Å². The van der Waals surface area contributed by atoms with Gasteiger partial charge in [-0.3, -0.25) is 4.79 Å². The molecule has 2 rings (SSSR count). The highest BCUT2D eigenvalue weighted by atomic mass is 79.9. The average molecular weight is 320 g/mol. The number of nitrogens with zero attached hydrogens (tertiary/aromatic N) is 1. The molecule has 1 aliphatic carbocycles. The van der Waals surface area contributed by atoms with Gasteiger partial charge in [-0.25, -0.2) is 0 Å². The monoisotopic (exact) mass is 319 g/mol. The third kappa shape index (κ3) is 2.74. The van der Waals surface area contributed by atoms with Crippen LogP contribution >= 0.6 is 15.9 Å². The normalized spacial score (nSPS) is 18.8. The zero-order chi connectivity index (χ0) is 13.9. The summed E-state index contributed by atoms with van der Waals surface area (Å²) in [5, 5.41) is 9.42. The number of rotatable bonds is 4. The molecule has 0 spiro atoms. The minimum atomic E-state index is -0.629. The van der Waals surface area contributed by atoms with Crippen LogP contribution in [0.5, 0.6) is 0 Å². The number of halogens is 1. The third-order valence-corrected chi connectivity index (χ3v) is 4.83. The van der Waals surface area contributed by atoms with Crippen molar-refractivity contribution >= 4 is 21.7 Å². The highest BCUT2D eigenvalue weighted by Crippen LogP contribution is 2.45. The van der Waals surface area contributed by atoms with E-state index in [0.717, 1.165) is 42.1 Å². The molecule has 1 aromatic carbocycles. The topological polar surface area (TPSA) is 40.9 Å². The molecule has 0 radical (unpaired) electrons. The first-order valence-electron chi connectivity index (χ1n) is 6.82. The lowest BCUT2D eigenvalue weighted by Crippen LogP contribution is -2.31. The fourth-order valence-corrected chi connectivity index (χ4v) is 3.52. The van der Waals surface area contributed by atoms with E-state index in [1.54, 1.807) is 0 Å². The Kier molecular flexibility index (Phi) is 4.42. The molecule has 0 aromatic heterocycles. The van der Waals surface area contributed by atoms with Gasteiger partial charge in [0, 0.05) is 9.89 Å². The zero-order valence-electron chi connectivity index (χ0n) is 11.2. The number of hydrogen-bond acceptors (Lipinski definition) is 2. The Hall–Kier alpha value is -1.14. The van der Waals surface area contributed by atoms with E-state index < -0.39 is 5.92 Å². The lowest BCUT2D eigenvalue weighted by Gasteiger charge is -2.28. The number of carbonyl (C=O) groups is 1. The van der Waals surface area contributed by atoms with Crippen molar-refractivity contribution in [3.8, 4) is 6.07 Å². The van der Waals surface area contributed by atoms with Crippen LogP contribution in [0.4, 0.5) is 0 Å². The van der Waals surface area contributed by atoms with Crippen LogP contribution in [0.1, 0.15) is 50.5 Å². The van der Waals surface area contributed by atoms with Crippen molar-refractivity contribution in [2.45, 2.75) is 44.9 Å². The van der Waals surface area contributed by atoms with Crippen LogP contribution in [0.2, 0.25) is 0 Å². The van der Waals surface area contributed by atoms with Gasteiger partial charge in [-0.15, -0.1) is 0 Å². The molecule has 0 saturated heterocycles. The van der Waals surface area contributed by atoms with Crippen LogP contribution in [-0.4, -0.2) is 5.78 Å². The lowest BCUT2D eigenvalue weighted by atomic mass is 9.73. The minimum absolute atomic E-state index is 0.119. The Labute approximate surface area is 122 Å². The van der Waals surface area contributed by atoms with E-state index in [1.807, 2.05) is 24.3 Å². The van der Waals surface area contributed by atoms with Crippen molar-refractivity contribution in [2.24, 2.45) is 5.41 Å². The second-order valence-corrected chi connectivity index (χ2v) is 6.24. The molecular weight excluding hydrogens is 302 g/mol. The molecule has 1 atom stereocenters. The fourth-order valence-electron chi connectivity index (χ4n) is 3.10. The molecule has 0 bridgehead atoms. The summed E-state index contributed by atoms with van der Waals surface area (Å²) in [6.07, 6.45) is 4.94. The molecule has 0 N–H and O–H groups in total. The van der Waals surface area contributed by atoms with E-state index in [9.17, 15) is 10.1 Å². The van der Waals surface area contributed by atoms with Gasteiger partial charge in [0.1, 0.15) is 5.92 Å². The Morgan fingerprint density at radius 3 is 2.68 bits per heavy atom. The maximum atomic E-state index is 12.8. The van der Waals surface area contributed by atoms with Crippen molar-refractivity contribution in [2.75, 3.05) is 0 Å². The SMILES string of the molecule is CCC1(C(=O)C(C#N)c2cccc(Br)c2)CCCC1. The molecule has 3 heteroatoms. The predicted molar refractivity (Wildman–Crippen MR) is 78.7 cm³/mol. The zero-order valence-corrected chi connectivity index (χ0v) is 12.7. The summed E-state index contributed by atoms with van der Waals surface area (Å²) in [6, 6.07) is 9.75. The maximum absolute atomic E-state index is 12.8. The van der Waals surface area contributed by atoms with Gasteiger partial charge in [-0.1, -0.05) is 47.8 Å². The molecule has 0 aliphatic heterocycles. The summed E-state index contributed by atoms with van der Waals surface area (Å²) in [5.74, 6) is -0.511. The molecule has 1 aliphatic rings. The second-order valence-electron chi connectivity index (χ2n) is 5.32. The van der Waals surface area contributed by atoms with Gasteiger partial charge in [0.2, 0.25) is 0 Å². The largest absolute Gasteiger partial charge is 0.297 e. The number of benzene rings is 1. The first kappa shape index (κ1) is 14.3. The Balaban J connectivity index is 2.32. The van der Waals surface area contributed by atoms with Crippen molar-refractivity contribution in [1.82, 2.24) is 0 Å². The number of carbonyl (C=O) groups excluding carboxylic acids is 1. The molecule has 2 nitrogen and oxygen atoms in total. The van der Waals surface area contributed by atoms with E-state index in [1.165, 1.54) is 0 Å². The van der Waals surface area contributed by atoms with Crippen LogP contribution in [0.3, 0.4) is 0 Å². The van der Waals surface area contributed by atoms with Crippen LogP contribution in [0, 0.1) is 16.7 Å². The van der Waals surface area contributed by atoms with Gasteiger partial charge in [-0.05, 0) is 37.0 Å². The van der Waals surface area contributed by atoms with Crippen molar-refractivity contribution < 1.29 is 4.79 Å². The van der Waals surface area contributed by atoms with Gasteiger partial charge >= 0.3 is 0 Å². The van der Waals surface area contributed by atoms with Crippen LogP contribution in [0.15, 0.2) is 28.7 Å². The van der Waals surface area contributed by atoms with Crippen molar-refractivity contribution in [1.29, 1.82) is 5.26 Å². The molecule has 1 aromatic rings. The van der Waals surface area contributed by atoms with E-state index in [-0.39, 0.29) is 11.2 Å². The van der Waals surface area contributed by atoms with E-state index in [4.69, 9.17) is 0 Å². The summed E-state index contributed by atoms with van der Waals surface area (Å²) in [6.45, 7) is 2.07. The molecule has 0 amide bonds. The standard InChI is InChI=1S/C16H18BrNO/c1-2-16(8-3-4-9-16)15(19)14(11-18)12-6-5-7-13(17)10-12/h5-7,10,14H,2-4,8-9H2,1H3. The molecule has 1 saturated carbocycles. The van der Waals surface area contributed by atoms with E-state index >= 15 is 0 Å². The first-order chi connectivity index (χ1) is 9.13. The molecule has 19 heavy (non-hydrogen) atoms. The van der Waals surface area contributed by atoms with Crippen LogP contribution in [0.25, 0.3) is 0 Å². The summed E-state index contributed by atoms with van der Waals surface area (Å²) in [4.78, 5) is 12.8. The summed E-state index contributed by atoms with van der Waals surface area (Å²) in [7, 11) is 0. The third-order valence-electron chi connectivity index (χ3n) is 4.33. The maximum Gasteiger partial charge on any atom is 0.160 e. The Morgan fingerprint density at radius 1 is 1.47 bits per heavy atom. The Morgan fingerprint density at radius 2 is 2.16 bits per heavy atom. The predicted octanol–water partition coefficient (Wildman–Crippen LogP) is 4.60. The molecule has 1 unspecified atom stereocenters. The molecule has 100 valence electrons. The smallest absolute Gasteiger partial charge is 0.160 e. The van der Waals surface area contributed by atoms with E-state index in [0.29, 0.717) is 0 Å². The quantitative estimate of drug-likeness (QED) is 0.814. The highest BCUT2D eigenvalue weighted by molar-refractivity contribution is 9.10. The molecule has 1 fully saturated rings.